The average Bonchev–Trinajstić information content (AvgIpc) is 1.89. The van der Waals surface area contributed by atoms with Gasteiger partial charge in [0.15, 0.2) is 0 Å². The smallest absolute Gasteiger partial charge is 0.294 e. The van der Waals surface area contributed by atoms with Crippen molar-refractivity contribution in [3.05, 3.63) is 26.0 Å². The predicted molar refractivity (Wildman–Crippen MR) is 46.7 cm³/mol. The van der Waals surface area contributed by atoms with Crippen molar-refractivity contribution in [2.24, 2.45) is 0 Å². The third kappa shape index (κ3) is 69.2. The first-order valence-corrected chi connectivity index (χ1v) is 2.15. The van der Waals surface area contributed by atoms with Gasteiger partial charge in [0.1, 0.15) is 0 Å². The molecule has 92 valence electrons. The Morgan fingerprint density at radius 2 is 1.40 bits per heavy atom. The summed E-state index contributed by atoms with van der Waals surface area (Å²) >= 11 is 0. The van der Waals surface area contributed by atoms with Gasteiger partial charge >= 0.3 is 0 Å². The van der Waals surface area contributed by atoms with Gasteiger partial charge in [0, 0.05) is 69.9 Å². The van der Waals surface area contributed by atoms with Crippen LogP contribution in [0.4, 0.5) is 0 Å². The Kier molecular flexibility index (Phi) is 70.6. The second-order valence-corrected chi connectivity index (χ2v) is 0.903. The second-order valence-electron chi connectivity index (χ2n) is 0.903. The summed E-state index contributed by atoms with van der Waals surface area (Å²) in [6.07, 6.45) is 0. The largest absolute Gasteiger partial charge is 0.655 e. The fraction of sp³-hybridized carbons (Fsp3) is 1.00. The van der Waals surface area contributed by atoms with Gasteiger partial charge in [-0.25, -0.2) is 0 Å². The molecule has 0 unspecified atom stereocenters. The van der Waals surface area contributed by atoms with E-state index in [2.05, 4.69) is 9.68 Å². The number of nitrogens with zero attached hydrogens (tertiary/aromatic N) is 2. The third-order valence-electron chi connectivity index (χ3n) is 0.319. The molecule has 0 bridgehead atoms. The molecule has 0 heterocycles. The van der Waals surface area contributed by atoms with Crippen LogP contribution in [0.25, 0.3) is 5.73 Å². The van der Waals surface area contributed by atoms with Crippen LogP contribution in [0.2, 0.25) is 0 Å². The van der Waals surface area contributed by atoms with Crippen LogP contribution >= 0.6 is 24.0 Å². The molecule has 0 aliphatic carbocycles. The van der Waals surface area contributed by atoms with Crippen molar-refractivity contribution in [1.82, 2.24) is 0 Å². The van der Waals surface area contributed by atoms with Crippen LogP contribution in [-0.2, 0) is 72.9 Å². The van der Waals surface area contributed by atoms with Crippen LogP contribution < -0.4 is 0 Å². The van der Waals surface area contributed by atoms with Gasteiger partial charge in [-0.3, -0.25) is 0 Å². The Bertz CT molecular complexity index is 141. The summed E-state index contributed by atoms with van der Waals surface area (Å²) in [6, 6.07) is 0. The molecule has 15 heavy (non-hydrogen) atoms. The second kappa shape index (κ2) is 29.4. The molecule has 0 fully saturated rings. The van der Waals surface area contributed by atoms with E-state index < -0.39 is 16.9 Å². The van der Waals surface area contributed by atoms with Crippen molar-refractivity contribution in [2.45, 2.75) is 0 Å². The van der Waals surface area contributed by atoms with E-state index in [9.17, 15) is 0 Å². The predicted octanol–water partition coefficient (Wildman–Crippen LogP) is 0.639. The summed E-state index contributed by atoms with van der Waals surface area (Å²) in [6.45, 7) is -0.618. The van der Waals surface area contributed by atoms with E-state index in [4.69, 9.17) is 26.0 Å². The Morgan fingerprint density at radius 3 is 1.40 bits per heavy atom. The van der Waals surface area contributed by atoms with E-state index in [-0.39, 0.29) is 87.2 Å². The molecule has 0 saturated carbocycles. The summed E-state index contributed by atoms with van der Waals surface area (Å²) in [5.74, 6) is 0. The number of hydrogen-bond donors (Lipinski definition) is 0. The van der Waals surface area contributed by atoms with Gasteiger partial charge in [0.25, 0.3) is 10.2 Å². The van der Waals surface area contributed by atoms with Crippen LogP contribution in [0.5, 0.6) is 0 Å². The fourth-order valence-corrected chi connectivity index (χ4v) is 0.0527. The quantitative estimate of drug-likeness (QED) is 0.233. The first kappa shape index (κ1) is 36.0. The summed E-state index contributed by atoms with van der Waals surface area (Å²) in [4.78, 5) is 24.9. The topological polar surface area (TPSA) is 129 Å². The average molecular weight is 848 g/mol. The van der Waals surface area contributed by atoms with Crippen molar-refractivity contribution in [2.75, 3.05) is 13.8 Å². The first-order valence-electron chi connectivity index (χ1n) is 2.15. The zero-order chi connectivity index (χ0) is 9.28. The number of hydrogen-bond acceptors (Lipinski definition) is 6. The number of halogens is 1. The summed E-state index contributed by atoms with van der Waals surface area (Å²) in [5, 5.41) is 16.1. The molecular weight excluding hydrogens is 840 g/mol. The van der Waals surface area contributed by atoms with Crippen molar-refractivity contribution in [3.63, 3.8) is 0 Å². The van der Waals surface area contributed by atoms with Crippen LogP contribution in [0.3, 0.4) is 0 Å². The van der Waals surface area contributed by atoms with E-state index >= 15 is 0 Å². The molecule has 9 nitrogen and oxygen atoms in total. The molecule has 0 saturated heterocycles. The van der Waals surface area contributed by atoms with Crippen LogP contribution in [0.1, 0.15) is 0 Å². The SMILES string of the molecule is CO[N+](=O)[O-].I.[NH-]CO[N+](=O)[O-].[W].[W].[W]. The molecular formula is C2H7IN3O6W3-. The maximum absolute atomic E-state index is 9.06. The van der Waals surface area contributed by atoms with Crippen LogP contribution in [0.15, 0.2) is 0 Å². The molecule has 0 atom stereocenters. The Balaban J connectivity index is -0.0000000215. The summed E-state index contributed by atoms with van der Waals surface area (Å²) in [5.41, 5.74) is 6.07. The molecule has 0 radical (unpaired) electrons. The molecule has 1 N–H and O–H groups in total. The van der Waals surface area contributed by atoms with Crippen molar-refractivity contribution in [3.8, 4) is 0 Å². The minimum atomic E-state index is -1.01. The molecule has 0 aliphatic heterocycles. The van der Waals surface area contributed by atoms with Gasteiger partial charge in [0.2, 0.25) is 0 Å². The third-order valence-corrected chi connectivity index (χ3v) is 0.319. The van der Waals surface area contributed by atoms with E-state index in [1.807, 2.05) is 0 Å². The van der Waals surface area contributed by atoms with Gasteiger partial charge in [-0.15, -0.1) is 44.2 Å². The standard InChI is InChI=1S/CH3N2O3.CH3NO3.HI.3W/c2-1-6-3(4)5;1-5-2(3)4;;;;/h2H,1H2;1H3;1H;;;/q-1;;;;;. The summed E-state index contributed by atoms with van der Waals surface area (Å²) in [7, 11) is 1.00. The minimum absolute atomic E-state index is 0. The molecule has 0 aromatic rings. The monoisotopic (exact) mass is 848 g/mol. The minimum Gasteiger partial charge on any atom is -0.655 e. The van der Waals surface area contributed by atoms with Crippen LogP contribution in [0, 0.1) is 20.2 Å². The number of nitrogens with one attached hydrogen (secondary N) is 1. The van der Waals surface area contributed by atoms with Crippen molar-refractivity contribution < 1.29 is 83.0 Å². The Labute approximate surface area is 145 Å². The molecule has 13 heteroatoms. The van der Waals surface area contributed by atoms with E-state index in [1.54, 1.807) is 0 Å². The van der Waals surface area contributed by atoms with E-state index in [0.29, 0.717) is 0 Å². The van der Waals surface area contributed by atoms with Gasteiger partial charge in [-0.2, -0.15) is 0 Å². The zero-order valence-electron chi connectivity index (χ0n) is 7.18. The maximum Gasteiger partial charge on any atom is 0.294 e. The van der Waals surface area contributed by atoms with Crippen molar-refractivity contribution >= 4 is 24.0 Å². The van der Waals surface area contributed by atoms with Crippen LogP contribution in [-0.4, -0.2) is 24.0 Å². The maximum atomic E-state index is 9.06. The Morgan fingerprint density at radius 1 is 1.13 bits per heavy atom. The molecule has 0 aliphatic rings. The Hall–Kier alpha value is 1.15. The number of rotatable bonds is 3. The molecule has 0 spiro atoms. The van der Waals surface area contributed by atoms with Gasteiger partial charge < -0.3 is 15.4 Å². The molecule has 0 rings (SSSR count). The first-order chi connectivity index (χ1) is 5.04. The summed E-state index contributed by atoms with van der Waals surface area (Å²) < 4.78 is 0. The zero-order valence-corrected chi connectivity index (χ0v) is 18.3. The van der Waals surface area contributed by atoms with Gasteiger partial charge in [-0.1, -0.05) is 0 Å². The van der Waals surface area contributed by atoms with Gasteiger partial charge in [0.05, 0.1) is 7.11 Å². The van der Waals surface area contributed by atoms with Crippen molar-refractivity contribution in [1.29, 1.82) is 0 Å². The fourth-order valence-electron chi connectivity index (χ4n) is 0.0527. The van der Waals surface area contributed by atoms with Gasteiger partial charge in [-0.05, 0) is 0 Å². The molecule has 0 amide bonds. The normalized spacial score (nSPS) is 5.20. The van der Waals surface area contributed by atoms with E-state index in [1.165, 1.54) is 0 Å². The molecule has 0 aromatic carbocycles. The molecule has 0 aromatic heterocycles. The van der Waals surface area contributed by atoms with E-state index in [0.717, 1.165) is 7.11 Å².